The summed E-state index contributed by atoms with van der Waals surface area (Å²) in [7, 11) is 1.83. The summed E-state index contributed by atoms with van der Waals surface area (Å²) >= 11 is 1.49. The monoisotopic (exact) mass is 446 g/mol. The second-order valence-electron chi connectivity index (χ2n) is 8.12. The van der Waals surface area contributed by atoms with Gasteiger partial charge in [-0.05, 0) is 30.5 Å². The number of nitrogens with zero attached hydrogens (tertiary/aromatic N) is 5. The first-order valence-electron chi connectivity index (χ1n) is 11.0. The van der Waals surface area contributed by atoms with Gasteiger partial charge in [-0.3, -0.25) is 4.99 Å². The van der Waals surface area contributed by atoms with Gasteiger partial charge in [-0.1, -0.05) is 19.1 Å². The fourth-order valence-corrected chi connectivity index (χ4v) is 5.14. The number of aliphatic imine (C=N–C) groups is 1. The van der Waals surface area contributed by atoms with Gasteiger partial charge in [-0.15, -0.1) is 0 Å². The minimum Gasteiger partial charge on any atom is -0.381 e. The molecule has 2 aliphatic rings. The molecule has 0 spiro atoms. The number of guanidine groups is 1. The Hall–Kier alpha value is -2.26. The quantitative estimate of drug-likeness (QED) is 0.563. The zero-order valence-corrected chi connectivity index (χ0v) is 19.1. The van der Waals surface area contributed by atoms with Crippen molar-refractivity contribution in [2.24, 2.45) is 4.99 Å². The van der Waals surface area contributed by atoms with Crippen molar-refractivity contribution < 1.29 is 9.13 Å². The highest BCUT2D eigenvalue weighted by atomic mass is 32.1. The summed E-state index contributed by atoms with van der Waals surface area (Å²) in [5.41, 5.74) is 1.08. The summed E-state index contributed by atoms with van der Waals surface area (Å²) in [6.45, 7) is 7.84. The van der Waals surface area contributed by atoms with E-state index in [4.69, 9.17) is 4.74 Å². The SMILES string of the molecule is CCc1nsc(N2CCN(C(=NC)NCC3(c4ccc(F)cc4)CCOCC3)CC2)n1. The van der Waals surface area contributed by atoms with Gasteiger partial charge in [0.1, 0.15) is 11.6 Å². The van der Waals surface area contributed by atoms with E-state index in [0.717, 1.165) is 87.7 Å². The molecule has 2 aromatic rings. The standard InChI is InChI=1S/C22H31FN6OS/c1-3-19-26-21(31-27-19)29-12-10-28(11-13-29)20(24-2)25-16-22(8-14-30-15-9-22)17-4-6-18(23)7-5-17/h4-7H,3,8-16H2,1-2H3,(H,24,25). The van der Waals surface area contributed by atoms with Crippen LogP contribution in [0, 0.1) is 5.82 Å². The molecule has 31 heavy (non-hydrogen) atoms. The van der Waals surface area contributed by atoms with Crippen molar-refractivity contribution in [3.63, 3.8) is 0 Å². The maximum absolute atomic E-state index is 13.5. The van der Waals surface area contributed by atoms with E-state index in [1.807, 2.05) is 19.2 Å². The Kier molecular flexibility index (Phi) is 7.02. The average molecular weight is 447 g/mol. The topological polar surface area (TPSA) is 65.9 Å². The van der Waals surface area contributed by atoms with Crippen molar-refractivity contribution in [1.82, 2.24) is 19.6 Å². The second kappa shape index (κ2) is 9.91. The molecule has 3 heterocycles. The minimum absolute atomic E-state index is 0.0766. The van der Waals surface area contributed by atoms with Crippen LogP contribution in [0.1, 0.15) is 31.2 Å². The summed E-state index contributed by atoms with van der Waals surface area (Å²) in [5, 5.41) is 4.62. The van der Waals surface area contributed by atoms with E-state index in [2.05, 4.69) is 36.4 Å². The Labute approximate surface area is 187 Å². The third-order valence-corrected chi connectivity index (χ3v) is 7.14. The molecular weight excluding hydrogens is 415 g/mol. The fourth-order valence-electron chi connectivity index (χ4n) is 4.34. The molecule has 2 saturated heterocycles. The number of anilines is 1. The Morgan fingerprint density at radius 1 is 1.19 bits per heavy atom. The second-order valence-corrected chi connectivity index (χ2v) is 8.85. The highest BCUT2D eigenvalue weighted by molar-refractivity contribution is 7.09. The molecule has 0 radical (unpaired) electrons. The Bertz CT molecular complexity index is 872. The number of aryl methyl sites for hydroxylation is 1. The van der Waals surface area contributed by atoms with Crippen LogP contribution in [0.15, 0.2) is 29.3 Å². The maximum Gasteiger partial charge on any atom is 0.205 e. The van der Waals surface area contributed by atoms with Crippen molar-refractivity contribution in [1.29, 1.82) is 0 Å². The van der Waals surface area contributed by atoms with Crippen LogP contribution in [0.3, 0.4) is 0 Å². The van der Waals surface area contributed by atoms with Gasteiger partial charge in [0, 0.05) is 76.4 Å². The predicted octanol–water partition coefficient (Wildman–Crippen LogP) is 2.69. The number of rotatable bonds is 5. The van der Waals surface area contributed by atoms with Crippen LogP contribution in [0.5, 0.6) is 0 Å². The van der Waals surface area contributed by atoms with E-state index < -0.39 is 0 Å². The molecule has 0 aliphatic carbocycles. The van der Waals surface area contributed by atoms with Gasteiger partial charge >= 0.3 is 0 Å². The van der Waals surface area contributed by atoms with Gasteiger partial charge in [0.15, 0.2) is 5.96 Å². The molecule has 9 heteroatoms. The van der Waals surface area contributed by atoms with Gasteiger partial charge in [0.2, 0.25) is 5.13 Å². The Morgan fingerprint density at radius 3 is 2.52 bits per heavy atom. The predicted molar refractivity (Wildman–Crippen MR) is 123 cm³/mol. The zero-order chi connectivity index (χ0) is 21.7. The molecule has 0 bridgehead atoms. The van der Waals surface area contributed by atoms with Crippen molar-refractivity contribution in [2.75, 3.05) is 57.9 Å². The highest BCUT2D eigenvalue weighted by Gasteiger charge is 2.35. The molecule has 7 nitrogen and oxygen atoms in total. The summed E-state index contributed by atoms with van der Waals surface area (Å²) < 4.78 is 23.5. The lowest BCUT2D eigenvalue weighted by atomic mass is 9.74. The van der Waals surface area contributed by atoms with Crippen LogP contribution in [0.2, 0.25) is 0 Å². The minimum atomic E-state index is -0.200. The third-order valence-electron chi connectivity index (χ3n) is 6.33. The smallest absolute Gasteiger partial charge is 0.205 e. The number of halogens is 1. The van der Waals surface area contributed by atoms with E-state index in [9.17, 15) is 4.39 Å². The van der Waals surface area contributed by atoms with E-state index in [1.165, 1.54) is 11.5 Å². The number of nitrogens with one attached hydrogen (secondary N) is 1. The van der Waals surface area contributed by atoms with Crippen LogP contribution >= 0.6 is 11.5 Å². The number of ether oxygens (including phenoxy) is 1. The number of hydrogen-bond donors (Lipinski definition) is 1. The van der Waals surface area contributed by atoms with Crippen LogP contribution < -0.4 is 10.2 Å². The zero-order valence-electron chi connectivity index (χ0n) is 18.3. The lowest BCUT2D eigenvalue weighted by Crippen LogP contribution is -2.55. The number of hydrogen-bond acceptors (Lipinski definition) is 6. The molecule has 1 aromatic heterocycles. The van der Waals surface area contributed by atoms with E-state index in [0.29, 0.717) is 0 Å². The molecule has 1 N–H and O–H groups in total. The normalized spacial score (nSPS) is 19.5. The van der Waals surface area contributed by atoms with Gasteiger partial charge in [0.25, 0.3) is 0 Å². The number of piperazine rings is 1. The molecule has 2 aliphatic heterocycles. The number of benzene rings is 1. The maximum atomic E-state index is 13.5. The number of aromatic nitrogens is 2. The van der Waals surface area contributed by atoms with Gasteiger partial charge < -0.3 is 19.9 Å². The van der Waals surface area contributed by atoms with Crippen LogP contribution in [-0.4, -0.2) is 73.2 Å². The molecule has 168 valence electrons. The third kappa shape index (κ3) is 4.98. The van der Waals surface area contributed by atoms with E-state index >= 15 is 0 Å². The molecule has 0 amide bonds. The van der Waals surface area contributed by atoms with E-state index in [-0.39, 0.29) is 11.2 Å². The van der Waals surface area contributed by atoms with Gasteiger partial charge in [0.05, 0.1) is 0 Å². The van der Waals surface area contributed by atoms with Crippen LogP contribution in [0.4, 0.5) is 9.52 Å². The first-order valence-corrected chi connectivity index (χ1v) is 11.8. The van der Waals surface area contributed by atoms with Crippen molar-refractivity contribution >= 4 is 22.6 Å². The van der Waals surface area contributed by atoms with Crippen LogP contribution in [-0.2, 0) is 16.6 Å². The molecule has 0 unspecified atom stereocenters. The largest absolute Gasteiger partial charge is 0.381 e. The lowest BCUT2D eigenvalue weighted by Gasteiger charge is -2.40. The Morgan fingerprint density at radius 2 is 1.90 bits per heavy atom. The van der Waals surface area contributed by atoms with E-state index in [1.54, 1.807) is 12.1 Å². The lowest BCUT2D eigenvalue weighted by molar-refractivity contribution is 0.0511. The first kappa shape index (κ1) is 22.0. The molecule has 4 rings (SSSR count). The Balaban J connectivity index is 1.38. The molecule has 1 aromatic carbocycles. The summed E-state index contributed by atoms with van der Waals surface area (Å²) in [4.78, 5) is 13.8. The van der Waals surface area contributed by atoms with Crippen LogP contribution in [0.25, 0.3) is 0 Å². The molecule has 0 atom stereocenters. The molecule has 0 saturated carbocycles. The van der Waals surface area contributed by atoms with Gasteiger partial charge in [-0.2, -0.15) is 4.37 Å². The fraction of sp³-hybridized carbons (Fsp3) is 0.591. The summed E-state index contributed by atoms with van der Waals surface area (Å²) in [6.07, 6.45) is 2.69. The summed E-state index contributed by atoms with van der Waals surface area (Å²) in [6, 6.07) is 6.93. The van der Waals surface area contributed by atoms with Crippen molar-refractivity contribution in [2.45, 2.75) is 31.6 Å². The average Bonchev–Trinajstić information content (AvgIpc) is 3.30. The molecule has 2 fully saturated rings. The van der Waals surface area contributed by atoms with Crippen molar-refractivity contribution in [3.05, 3.63) is 41.5 Å². The van der Waals surface area contributed by atoms with Gasteiger partial charge in [-0.25, -0.2) is 9.37 Å². The highest BCUT2D eigenvalue weighted by Crippen LogP contribution is 2.34. The first-order chi connectivity index (χ1) is 15.1. The summed E-state index contributed by atoms with van der Waals surface area (Å²) in [5.74, 6) is 1.63. The molecular formula is C22H31FN6OS. The van der Waals surface area contributed by atoms with Crippen molar-refractivity contribution in [3.8, 4) is 0 Å².